The molecular weight excluding hydrogens is 435 g/mol. The summed E-state index contributed by atoms with van der Waals surface area (Å²) in [5.74, 6) is -0.00974. The zero-order chi connectivity index (χ0) is 21.6. The predicted octanol–water partition coefficient (Wildman–Crippen LogP) is 1.78. The minimum absolute atomic E-state index is 0.00541. The van der Waals surface area contributed by atoms with Crippen LogP contribution in [0.4, 0.5) is 9.18 Å². The number of hydrogen-bond donors (Lipinski definition) is 2. The number of primary amides is 1. The van der Waals surface area contributed by atoms with Crippen molar-refractivity contribution < 1.29 is 17.6 Å². The molecule has 4 rings (SSSR count). The molecule has 2 atom stereocenters. The van der Waals surface area contributed by atoms with Crippen LogP contribution in [0.3, 0.4) is 0 Å². The molecule has 12 heteroatoms. The summed E-state index contributed by atoms with van der Waals surface area (Å²) < 4.78 is 40.3. The number of imidazole rings is 1. The van der Waals surface area contributed by atoms with Crippen molar-refractivity contribution in [2.45, 2.75) is 24.5 Å². The van der Waals surface area contributed by atoms with Crippen LogP contribution in [-0.4, -0.2) is 70.0 Å². The number of aromatic nitrogens is 3. The molecule has 0 unspecified atom stereocenters. The SMILES string of the molecule is C[C@H]1CN(S(=O)(=O)C2CN(C(N)=O)C2)CC[C@H]1c1[nH]c(-c2ccc(F)cn2)nc1Cl. The van der Waals surface area contributed by atoms with Crippen molar-refractivity contribution >= 4 is 27.7 Å². The number of pyridine rings is 1. The molecule has 0 bridgehead atoms. The Morgan fingerprint density at radius 1 is 1.33 bits per heavy atom. The van der Waals surface area contributed by atoms with Crippen LogP contribution < -0.4 is 5.73 Å². The van der Waals surface area contributed by atoms with Gasteiger partial charge >= 0.3 is 6.03 Å². The number of hydrogen-bond acceptors (Lipinski definition) is 5. The van der Waals surface area contributed by atoms with E-state index in [0.717, 1.165) is 11.9 Å². The number of carbonyl (C=O) groups excluding carboxylic acids is 1. The molecule has 0 aliphatic carbocycles. The molecule has 2 aliphatic heterocycles. The van der Waals surface area contributed by atoms with Gasteiger partial charge in [0.05, 0.1) is 11.9 Å². The van der Waals surface area contributed by atoms with E-state index in [2.05, 4.69) is 15.0 Å². The highest BCUT2D eigenvalue weighted by atomic mass is 35.5. The molecule has 2 aromatic heterocycles. The van der Waals surface area contributed by atoms with Crippen molar-refractivity contribution in [3.8, 4) is 11.5 Å². The Hall–Kier alpha value is -2.24. The smallest absolute Gasteiger partial charge is 0.314 e. The Bertz CT molecular complexity index is 1050. The van der Waals surface area contributed by atoms with Crippen molar-refractivity contribution in [2.75, 3.05) is 26.2 Å². The first-order valence-corrected chi connectivity index (χ1v) is 11.5. The van der Waals surface area contributed by atoms with E-state index in [1.807, 2.05) is 6.92 Å². The van der Waals surface area contributed by atoms with Crippen LogP contribution >= 0.6 is 11.6 Å². The van der Waals surface area contributed by atoms with E-state index >= 15 is 0 Å². The molecule has 2 saturated heterocycles. The maximum atomic E-state index is 13.1. The molecule has 2 amide bonds. The topological polar surface area (TPSA) is 125 Å². The highest BCUT2D eigenvalue weighted by Gasteiger charge is 2.44. The molecule has 4 heterocycles. The van der Waals surface area contributed by atoms with E-state index in [1.54, 1.807) is 0 Å². The highest BCUT2D eigenvalue weighted by molar-refractivity contribution is 7.89. The number of H-pyrrole nitrogens is 1. The lowest BCUT2D eigenvalue weighted by molar-refractivity contribution is 0.173. The van der Waals surface area contributed by atoms with E-state index in [4.69, 9.17) is 17.3 Å². The summed E-state index contributed by atoms with van der Waals surface area (Å²) in [6.45, 7) is 2.93. The van der Waals surface area contributed by atoms with Crippen LogP contribution in [0.2, 0.25) is 5.15 Å². The van der Waals surface area contributed by atoms with Crippen LogP contribution in [0.15, 0.2) is 18.3 Å². The van der Waals surface area contributed by atoms with E-state index in [-0.39, 0.29) is 24.9 Å². The number of aromatic amines is 1. The van der Waals surface area contributed by atoms with Crippen LogP contribution in [0, 0.1) is 11.7 Å². The molecule has 3 N–H and O–H groups in total. The second-order valence-electron chi connectivity index (χ2n) is 7.79. The second kappa shape index (κ2) is 7.78. The number of nitrogens with two attached hydrogens (primary N) is 1. The third-order valence-corrected chi connectivity index (χ3v) is 8.32. The Morgan fingerprint density at radius 2 is 2.07 bits per heavy atom. The number of likely N-dealkylation sites (tertiary alicyclic amines) is 1. The third-order valence-electron chi connectivity index (χ3n) is 5.83. The lowest BCUT2D eigenvalue weighted by atomic mass is 9.86. The first-order valence-electron chi connectivity index (χ1n) is 9.57. The molecule has 0 aromatic carbocycles. The number of carbonyl (C=O) groups is 1. The van der Waals surface area contributed by atoms with Gasteiger partial charge < -0.3 is 15.6 Å². The molecule has 0 radical (unpaired) electrons. The summed E-state index contributed by atoms with van der Waals surface area (Å²) in [5, 5.41) is -0.305. The number of halogens is 2. The molecule has 0 spiro atoms. The van der Waals surface area contributed by atoms with Gasteiger partial charge in [-0.2, -0.15) is 0 Å². The van der Waals surface area contributed by atoms with Crippen LogP contribution in [-0.2, 0) is 10.0 Å². The molecule has 9 nitrogen and oxygen atoms in total. The Morgan fingerprint density at radius 3 is 2.67 bits per heavy atom. The number of amides is 2. The monoisotopic (exact) mass is 456 g/mol. The summed E-state index contributed by atoms with van der Waals surface area (Å²) in [7, 11) is -3.50. The van der Waals surface area contributed by atoms with Crippen molar-refractivity contribution in [3.05, 3.63) is 35.0 Å². The van der Waals surface area contributed by atoms with Gasteiger partial charge in [0.2, 0.25) is 10.0 Å². The summed E-state index contributed by atoms with van der Waals surface area (Å²) in [6.07, 6.45) is 1.68. The van der Waals surface area contributed by atoms with E-state index < -0.39 is 27.1 Å². The standard InChI is InChI=1S/C18H22ClFN6O3S/c1-10-7-26(30(28,29)12-8-25(9-12)18(21)27)5-4-13(10)15-16(19)24-17(23-15)14-3-2-11(20)6-22-14/h2-3,6,10,12-13H,4-5,7-9H2,1H3,(H2,21,27)(H,23,24)/t10-,13+/m0/s1. The number of sulfonamides is 1. The second-order valence-corrected chi connectivity index (χ2v) is 10.4. The van der Waals surface area contributed by atoms with Gasteiger partial charge in [-0.15, -0.1) is 0 Å². The summed E-state index contributed by atoms with van der Waals surface area (Å²) in [5.41, 5.74) is 6.39. The maximum absolute atomic E-state index is 13.1. The highest BCUT2D eigenvalue weighted by Crippen LogP contribution is 2.38. The first-order chi connectivity index (χ1) is 14.2. The van der Waals surface area contributed by atoms with Gasteiger partial charge in [0, 0.05) is 32.1 Å². The minimum Gasteiger partial charge on any atom is -0.351 e. The van der Waals surface area contributed by atoms with Crippen LogP contribution in [0.25, 0.3) is 11.5 Å². The van der Waals surface area contributed by atoms with Crippen molar-refractivity contribution in [1.82, 2.24) is 24.2 Å². The number of nitrogens with one attached hydrogen (secondary N) is 1. The molecule has 0 saturated carbocycles. The van der Waals surface area contributed by atoms with Gasteiger partial charge in [-0.25, -0.2) is 31.9 Å². The zero-order valence-corrected chi connectivity index (χ0v) is 17.8. The average molecular weight is 457 g/mol. The molecule has 2 fully saturated rings. The Labute approximate surface area is 178 Å². The fourth-order valence-corrected chi connectivity index (χ4v) is 6.27. The van der Waals surface area contributed by atoms with Crippen molar-refractivity contribution in [3.63, 3.8) is 0 Å². The van der Waals surface area contributed by atoms with Gasteiger partial charge in [0.15, 0.2) is 11.0 Å². The fraction of sp³-hybridized carbons (Fsp3) is 0.500. The third kappa shape index (κ3) is 3.77. The minimum atomic E-state index is -3.50. The summed E-state index contributed by atoms with van der Waals surface area (Å²) in [4.78, 5) is 23.9. The molecule has 2 aliphatic rings. The fourth-order valence-electron chi connectivity index (χ4n) is 4.03. The molecular formula is C18H22ClFN6O3S. The Kier molecular flexibility index (Phi) is 5.45. The number of rotatable bonds is 4. The van der Waals surface area contributed by atoms with E-state index in [1.165, 1.54) is 21.3 Å². The lowest BCUT2D eigenvalue weighted by Crippen LogP contribution is -2.62. The first kappa shape index (κ1) is 21.0. The Balaban J connectivity index is 1.46. The van der Waals surface area contributed by atoms with Gasteiger partial charge in [0.1, 0.15) is 16.8 Å². The average Bonchev–Trinajstić information content (AvgIpc) is 3.02. The number of urea groups is 1. The normalized spacial score (nSPS) is 23.4. The maximum Gasteiger partial charge on any atom is 0.314 e. The lowest BCUT2D eigenvalue weighted by Gasteiger charge is -2.42. The van der Waals surface area contributed by atoms with Crippen LogP contribution in [0.1, 0.15) is 25.0 Å². The van der Waals surface area contributed by atoms with Crippen LogP contribution in [0.5, 0.6) is 0 Å². The summed E-state index contributed by atoms with van der Waals surface area (Å²) >= 11 is 6.35. The van der Waals surface area contributed by atoms with Gasteiger partial charge in [-0.3, -0.25) is 0 Å². The van der Waals surface area contributed by atoms with Crippen molar-refractivity contribution in [2.24, 2.45) is 11.7 Å². The van der Waals surface area contributed by atoms with E-state index in [9.17, 15) is 17.6 Å². The zero-order valence-electron chi connectivity index (χ0n) is 16.3. The largest absolute Gasteiger partial charge is 0.351 e. The van der Waals surface area contributed by atoms with Gasteiger partial charge in [0.25, 0.3) is 0 Å². The molecule has 30 heavy (non-hydrogen) atoms. The number of nitrogens with zero attached hydrogens (tertiary/aromatic N) is 4. The number of piperidine rings is 1. The van der Waals surface area contributed by atoms with Crippen molar-refractivity contribution in [1.29, 1.82) is 0 Å². The van der Waals surface area contributed by atoms with Gasteiger partial charge in [-0.05, 0) is 24.5 Å². The molecule has 2 aromatic rings. The van der Waals surface area contributed by atoms with Gasteiger partial charge in [-0.1, -0.05) is 18.5 Å². The van der Waals surface area contributed by atoms with E-state index in [0.29, 0.717) is 36.2 Å². The predicted molar refractivity (Wildman–Crippen MR) is 109 cm³/mol. The quantitative estimate of drug-likeness (QED) is 0.725. The molecule has 162 valence electrons. The summed E-state index contributed by atoms with van der Waals surface area (Å²) in [6, 6.07) is 2.21.